The van der Waals surface area contributed by atoms with E-state index in [1.165, 1.54) is 0 Å². The number of ketones is 1. The number of terminal acetylenes is 1. The smallest absolute Gasteiger partial charge is 0.306 e. The molecule has 0 aliphatic rings. The van der Waals surface area contributed by atoms with Crippen LogP contribution in [-0.4, -0.2) is 42.6 Å². The third-order valence-electron chi connectivity index (χ3n) is 2.83. The van der Waals surface area contributed by atoms with Gasteiger partial charge in [0.25, 0.3) is 0 Å². The average molecular weight is 312 g/mol. The van der Waals surface area contributed by atoms with Crippen LogP contribution >= 0.6 is 0 Å². The zero-order valence-corrected chi connectivity index (χ0v) is 13.4. The van der Waals surface area contributed by atoms with E-state index in [2.05, 4.69) is 5.92 Å². The minimum absolute atomic E-state index is 0.0485. The largest absolute Gasteiger partial charge is 0.481 e. The lowest BCUT2D eigenvalue weighted by Gasteiger charge is -2.23. The maximum absolute atomic E-state index is 12.2. The van der Waals surface area contributed by atoms with Crippen LogP contribution in [-0.2, 0) is 23.9 Å². The van der Waals surface area contributed by atoms with Crippen molar-refractivity contribution in [3.05, 3.63) is 0 Å². The van der Waals surface area contributed by atoms with Crippen molar-refractivity contribution in [3.8, 4) is 12.3 Å². The molecule has 0 amide bonds. The van der Waals surface area contributed by atoms with E-state index in [0.29, 0.717) is 13.0 Å². The summed E-state index contributed by atoms with van der Waals surface area (Å²) < 4.78 is 10.1. The summed E-state index contributed by atoms with van der Waals surface area (Å²) in [6, 6.07) is 0. The first-order chi connectivity index (χ1) is 10.2. The molecule has 0 saturated carbocycles. The number of carboxylic acid groups (broad SMARTS) is 1. The Hall–Kier alpha value is -1.87. The Morgan fingerprint density at radius 1 is 1.14 bits per heavy atom. The zero-order valence-electron chi connectivity index (χ0n) is 13.4. The molecule has 1 atom stereocenters. The van der Waals surface area contributed by atoms with Crippen LogP contribution in [0.2, 0.25) is 0 Å². The number of rotatable bonds is 10. The van der Waals surface area contributed by atoms with E-state index in [4.69, 9.17) is 21.0 Å². The maximum Gasteiger partial charge on any atom is 0.306 e. The number of aliphatic carboxylic acids is 1. The van der Waals surface area contributed by atoms with E-state index in [9.17, 15) is 14.4 Å². The molecule has 22 heavy (non-hydrogen) atoms. The predicted molar refractivity (Wildman–Crippen MR) is 80.0 cm³/mol. The monoisotopic (exact) mass is 312 g/mol. The molecular weight excluding hydrogens is 288 g/mol. The van der Waals surface area contributed by atoms with Gasteiger partial charge in [-0.3, -0.25) is 14.4 Å². The van der Waals surface area contributed by atoms with Gasteiger partial charge in [0.05, 0.1) is 26.1 Å². The lowest BCUT2D eigenvalue weighted by Crippen LogP contribution is -2.32. The Labute approximate surface area is 131 Å². The van der Waals surface area contributed by atoms with Gasteiger partial charge in [-0.25, -0.2) is 0 Å². The number of hydrogen-bond donors (Lipinski definition) is 1. The third-order valence-corrected chi connectivity index (χ3v) is 2.83. The number of hydrogen-bond acceptors (Lipinski definition) is 5. The fourth-order valence-electron chi connectivity index (χ4n) is 1.79. The molecule has 0 bridgehead atoms. The lowest BCUT2D eigenvalue weighted by molar-refractivity contribution is -0.150. The molecule has 6 heteroatoms. The Balaban J connectivity index is 4.31. The normalized spacial score (nSPS) is 12.3. The molecule has 1 unspecified atom stereocenters. The van der Waals surface area contributed by atoms with Crippen molar-refractivity contribution in [2.75, 3.05) is 19.8 Å². The topological polar surface area (TPSA) is 89.9 Å². The van der Waals surface area contributed by atoms with Gasteiger partial charge in [-0.1, -0.05) is 20.8 Å². The molecule has 0 radical (unpaired) electrons. The number of carbonyl (C=O) groups is 3. The minimum atomic E-state index is -1.12. The van der Waals surface area contributed by atoms with E-state index in [-0.39, 0.29) is 31.8 Å². The van der Waals surface area contributed by atoms with Crippen molar-refractivity contribution in [2.24, 2.45) is 11.3 Å². The van der Waals surface area contributed by atoms with Crippen LogP contribution in [0, 0.1) is 23.7 Å². The first-order valence-electron chi connectivity index (χ1n) is 7.11. The summed E-state index contributed by atoms with van der Waals surface area (Å²) in [6.07, 6.45) is 4.91. The van der Waals surface area contributed by atoms with Crippen LogP contribution in [0.15, 0.2) is 0 Å². The Morgan fingerprint density at radius 3 is 2.27 bits per heavy atom. The molecule has 0 aliphatic carbocycles. The minimum Gasteiger partial charge on any atom is -0.481 e. The van der Waals surface area contributed by atoms with E-state index in [1.54, 1.807) is 20.8 Å². The second kappa shape index (κ2) is 9.96. The van der Waals surface area contributed by atoms with Gasteiger partial charge in [0.1, 0.15) is 12.4 Å². The third kappa shape index (κ3) is 9.14. The molecule has 1 N–H and O–H groups in total. The fraction of sp³-hybridized carbons (Fsp3) is 0.688. The van der Waals surface area contributed by atoms with Gasteiger partial charge in [0.15, 0.2) is 0 Å². The Bertz CT molecular complexity index is 427. The predicted octanol–water partition coefficient (Wildman–Crippen LogP) is 1.67. The van der Waals surface area contributed by atoms with Gasteiger partial charge in [-0.05, 0) is 0 Å². The van der Waals surface area contributed by atoms with E-state index in [1.807, 2.05) is 0 Å². The second-order valence-corrected chi connectivity index (χ2v) is 5.90. The number of carbonyl (C=O) groups excluding carboxylic acids is 2. The zero-order chi connectivity index (χ0) is 17.2. The van der Waals surface area contributed by atoms with Gasteiger partial charge >= 0.3 is 11.9 Å². The van der Waals surface area contributed by atoms with E-state index >= 15 is 0 Å². The molecule has 0 aliphatic heterocycles. The number of esters is 1. The standard InChI is InChI=1S/C16H24O6/c1-5-6-7-21-8-9-22-14(19)11-12(10-13(17)18)15(20)16(2,3)4/h1,12H,6-11H2,2-4H3,(H,17,18). The molecule has 0 rings (SSSR count). The summed E-state index contributed by atoms with van der Waals surface area (Å²) >= 11 is 0. The summed E-state index contributed by atoms with van der Waals surface area (Å²) in [4.78, 5) is 34.7. The Kier molecular flexibility index (Phi) is 9.11. The summed E-state index contributed by atoms with van der Waals surface area (Å²) in [7, 11) is 0. The number of Topliss-reactive ketones (excluding diaryl/α,β-unsaturated/α-hetero) is 1. The first kappa shape index (κ1) is 20.1. The van der Waals surface area contributed by atoms with Crippen molar-refractivity contribution >= 4 is 17.7 Å². The van der Waals surface area contributed by atoms with Crippen molar-refractivity contribution in [1.82, 2.24) is 0 Å². The molecule has 0 spiro atoms. The maximum atomic E-state index is 12.2. The SMILES string of the molecule is C#CCCOCCOC(=O)CC(CC(=O)O)C(=O)C(C)(C)C. The molecular formula is C16H24O6. The van der Waals surface area contributed by atoms with Crippen molar-refractivity contribution in [2.45, 2.75) is 40.0 Å². The number of ether oxygens (including phenoxy) is 2. The summed E-state index contributed by atoms with van der Waals surface area (Å²) in [5, 5.41) is 8.87. The average Bonchev–Trinajstić information content (AvgIpc) is 2.39. The first-order valence-corrected chi connectivity index (χ1v) is 7.11. The van der Waals surface area contributed by atoms with Crippen LogP contribution in [0.3, 0.4) is 0 Å². The molecule has 0 fully saturated rings. The van der Waals surface area contributed by atoms with Crippen LogP contribution in [0.25, 0.3) is 0 Å². The molecule has 124 valence electrons. The van der Waals surface area contributed by atoms with Crippen LogP contribution < -0.4 is 0 Å². The van der Waals surface area contributed by atoms with Gasteiger partial charge in [0, 0.05) is 17.8 Å². The van der Waals surface area contributed by atoms with Gasteiger partial charge in [-0.15, -0.1) is 12.3 Å². The summed E-state index contributed by atoms with van der Waals surface area (Å²) in [5.74, 6) is -0.461. The van der Waals surface area contributed by atoms with Crippen LogP contribution in [0.5, 0.6) is 0 Å². The molecule has 0 aromatic heterocycles. The van der Waals surface area contributed by atoms with Crippen molar-refractivity contribution in [1.29, 1.82) is 0 Å². The summed E-state index contributed by atoms with van der Waals surface area (Å²) in [5.41, 5.74) is -0.710. The fourth-order valence-corrected chi connectivity index (χ4v) is 1.79. The van der Waals surface area contributed by atoms with Crippen LogP contribution in [0.4, 0.5) is 0 Å². The highest BCUT2D eigenvalue weighted by Crippen LogP contribution is 2.25. The highest BCUT2D eigenvalue weighted by molar-refractivity contribution is 5.91. The van der Waals surface area contributed by atoms with E-state index in [0.717, 1.165) is 0 Å². The van der Waals surface area contributed by atoms with Crippen molar-refractivity contribution < 1.29 is 29.0 Å². The molecule has 0 aromatic rings. The molecule has 6 nitrogen and oxygen atoms in total. The van der Waals surface area contributed by atoms with Crippen LogP contribution in [0.1, 0.15) is 40.0 Å². The molecule has 0 saturated heterocycles. The molecule has 0 heterocycles. The highest BCUT2D eigenvalue weighted by Gasteiger charge is 2.33. The lowest BCUT2D eigenvalue weighted by atomic mass is 9.80. The van der Waals surface area contributed by atoms with Gasteiger partial charge < -0.3 is 14.6 Å². The summed E-state index contributed by atoms with van der Waals surface area (Å²) in [6.45, 7) is 5.72. The van der Waals surface area contributed by atoms with Gasteiger partial charge in [-0.2, -0.15) is 0 Å². The quantitative estimate of drug-likeness (QED) is 0.375. The number of carboxylic acids is 1. The highest BCUT2D eigenvalue weighted by atomic mass is 16.6. The van der Waals surface area contributed by atoms with Gasteiger partial charge in [0.2, 0.25) is 0 Å². The van der Waals surface area contributed by atoms with E-state index < -0.39 is 23.3 Å². The molecule has 0 aromatic carbocycles. The van der Waals surface area contributed by atoms with Crippen molar-refractivity contribution in [3.63, 3.8) is 0 Å². The second-order valence-electron chi connectivity index (χ2n) is 5.90. The Morgan fingerprint density at radius 2 is 1.77 bits per heavy atom.